The Labute approximate surface area is 134 Å². The van der Waals surface area contributed by atoms with Gasteiger partial charge in [0.2, 0.25) is 5.91 Å². The van der Waals surface area contributed by atoms with Crippen LogP contribution in [0.3, 0.4) is 0 Å². The second kappa shape index (κ2) is 7.63. The van der Waals surface area contributed by atoms with Crippen LogP contribution in [0.15, 0.2) is 48.5 Å². The molecule has 2 rings (SSSR count). The normalized spacial score (nSPS) is 10.9. The summed E-state index contributed by atoms with van der Waals surface area (Å²) >= 11 is 0. The number of rotatable bonds is 5. The van der Waals surface area contributed by atoms with Crippen molar-refractivity contribution in [1.29, 1.82) is 10.5 Å². The number of nitrogens with zero attached hydrogens (tertiary/aromatic N) is 2. The number of anilines is 1. The van der Waals surface area contributed by atoms with Gasteiger partial charge in [-0.2, -0.15) is 10.5 Å². The van der Waals surface area contributed by atoms with Gasteiger partial charge < -0.3 is 10.1 Å². The van der Waals surface area contributed by atoms with E-state index < -0.39 is 0 Å². The second-order valence-electron chi connectivity index (χ2n) is 5.03. The highest BCUT2D eigenvalue weighted by atomic mass is 16.5. The van der Waals surface area contributed by atoms with Gasteiger partial charge in [0.25, 0.3) is 0 Å². The number of carbonyl (C=O) groups excluding carboxylic acids is 1. The van der Waals surface area contributed by atoms with Crippen molar-refractivity contribution in [3.63, 3.8) is 0 Å². The summed E-state index contributed by atoms with van der Waals surface area (Å²) < 4.78 is 5.55. The van der Waals surface area contributed by atoms with Gasteiger partial charge in [-0.15, -0.1) is 0 Å². The van der Waals surface area contributed by atoms with Crippen LogP contribution in [0.25, 0.3) is 0 Å². The maximum Gasteiger partial charge on any atom is 0.230 e. The molecule has 0 heterocycles. The molecule has 5 nitrogen and oxygen atoms in total. The molecule has 0 saturated heterocycles. The van der Waals surface area contributed by atoms with Gasteiger partial charge in [-0.1, -0.05) is 6.92 Å². The van der Waals surface area contributed by atoms with Crippen LogP contribution in [0.4, 0.5) is 5.69 Å². The van der Waals surface area contributed by atoms with Crippen LogP contribution in [0.1, 0.15) is 18.1 Å². The summed E-state index contributed by atoms with van der Waals surface area (Å²) in [6, 6.07) is 17.4. The molecule has 0 unspecified atom stereocenters. The van der Waals surface area contributed by atoms with E-state index in [4.69, 9.17) is 15.3 Å². The third kappa shape index (κ3) is 4.59. The molecule has 0 saturated carbocycles. The lowest BCUT2D eigenvalue weighted by Gasteiger charge is -2.13. The molecule has 23 heavy (non-hydrogen) atoms. The molecule has 1 amide bonds. The van der Waals surface area contributed by atoms with Gasteiger partial charge in [0.05, 0.1) is 35.8 Å². The lowest BCUT2D eigenvalue weighted by atomic mass is 10.1. The molecule has 0 aromatic heterocycles. The monoisotopic (exact) mass is 305 g/mol. The summed E-state index contributed by atoms with van der Waals surface area (Å²) in [4.78, 5) is 12.1. The van der Waals surface area contributed by atoms with E-state index in [0.717, 1.165) is 0 Å². The lowest BCUT2D eigenvalue weighted by molar-refractivity contribution is -0.120. The number of hydrogen-bond donors (Lipinski definition) is 1. The Morgan fingerprint density at radius 3 is 2.09 bits per heavy atom. The van der Waals surface area contributed by atoms with Crippen molar-refractivity contribution in [3.05, 3.63) is 59.7 Å². The minimum Gasteiger partial charge on any atom is -0.493 e. The molecule has 0 fully saturated rings. The molecule has 0 aliphatic heterocycles. The summed E-state index contributed by atoms with van der Waals surface area (Å²) in [6.45, 7) is 2.00. The summed E-state index contributed by atoms with van der Waals surface area (Å²) in [6.07, 6.45) is 0. The molecule has 0 spiro atoms. The first-order valence-corrected chi connectivity index (χ1v) is 7.06. The van der Waals surface area contributed by atoms with Crippen LogP contribution >= 0.6 is 0 Å². The predicted molar refractivity (Wildman–Crippen MR) is 85.6 cm³/mol. The van der Waals surface area contributed by atoms with Crippen LogP contribution in [0, 0.1) is 28.6 Å². The maximum atomic E-state index is 12.1. The highest BCUT2D eigenvalue weighted by molar-refractivity contribution is 5.92. The van der Waals surface area contributed by atoms with Gasteiger partial charge in [-0.05, 0) is 48.5 Å². The molecule has 0 aliphatic rings. The molecule has 114 valence electrons. The average Bonchev–Trinajstić information content (AvgIpc) is 2.60. The molecule has 2 aromatic carbocycles. The van der Waals surface area contributed by atoms with Crippen LogP contribution in [0.2, 0.25) is 0 Å². The Bertz CT molecular complexity index is 753. The van der Waals surface area contributed by atoms with Gasteiger partial charge >= 0.3 is 0 Å². The first kappa shape index (κ1) is 16.1. The number of nitriles is 2. The molecular formula is C18H15N3O2. The summed E-state index contributed by atoms with van der Waals surface area (Å²) in [7, 11) is 0. The first-order valence-electron chi connectivity index (χ1n) is 7.06. The fraction of sp³-hybridized carbons (Fsp3) is 0.167. The van der Waals surface area contributed by atoms with E-state index in [2.05, 4.69) is 5.32 Å². The number of hydrogen-bond acceptors (Lipinski definition) is 4. The smallest absolute Gasteiger partial charge is 0.230 e. The fourth-order valence-electron chi connectivity index (χ4n) is 1.82. The van der Waals surface area contributed by atoms with Crippen molar-refractivity contribution in [1.82, 2.24) is 0 Å². The Balaban J connectivity index is 1.86. The van der Waals surface area contributed by atoms with Crippen molar-refractivity contribution >= 4 is 11.6 Å². The Kier molecular flexibility index (Phi) is 5.33. The molecule has 0 bridgehead atoms. The van der Waals surface area contributed by atoms with Crippen LogP contribution in [-0.2, 0) is 4.79 Å². The van der Waals surface area contributed by atoms with Gasteiger partial charge in [0, 0.05) is 5.69 Å². The number of benzene rings is 2. The highest BCUT2D eigenvalue weighted by Crippen LogP contribution is 2.14. The molecule has 1 atom stereocenters. The molecular weight excluding hydrogens is 290 g/mol. The third-order valence-corrected chi connectivity index (χ3v) is 3.21. The predicted octanol–water partition coefficient (Wildman–Crippen LogP) is 3.08. The number of carbonyl (C=O) groups is 1. The fourth-order valence-corrected chi connectivity index (χ4v) is 1.82. The van der Waals surface area contributed by atoms with Crippen molar-refractivity contribution < 1.29 is 9.53 Å². The standard InChI is InChI=1S/C18H15N3O2/c1-13(12-23-17-8-4-15(11-20)5-9-17)18(22)21-16-6-2-14(10-19)3-7-16/h2-9,13H,12H2,1H3,(H,21,22)/t13-/m1/s1. The van der Waals surface area contributed by atoms with Crippen LogP contribution in [-0.4, -0.2) is 12.5 Å². The lowest BCUT2D eigenvalue weighted by Crippen LogP contribution is -2.25. The topological polar surface area (TPSA) is 85.9 Å². The van der Waals surface area contributed by atoms with E-state index in [1.165, 1.54) is 0 Å². The second-order valence-corrected chi connectivity index (χ2v) is 5.03. The molecule has 0 radical (unpaired) electrons. The first-order chi connectivity index (χ1) is 11.1. The van der Waals surface area contributed by atoms with Gasteiger partial charge in [0.15, 0.2) is 0 Å². The van der Waals surface area contributed by atoms with Gasteiger partial charge in [-0.3, -0.25) is 4.79 Å². The van der Waals surface area contributed by atoms with E-state index in [1.54, 1.807) is 55.5 Å². The van der Waals surface area contributed by atoms with E-state index in [-0.39, 0.29) is 18.4 Å². The number of amides is 1. The molecule has 0 aliphatic carbocycles. The minimum absolute atomic E-state index is 0.164. The zero-order valence-corrected chi connectivity index (χ0v) is 12.6. The van der Waals surface area contributed by atoms with E-state index >= 15 is 0 Å². The van der Waals surface area contributed by atoms with Crippen molar-refractivity contribution in [2.45, 2.75) is 6.92 Å². The van der Waals surface area contributed by atoms with E-state index in [1.807, 2.05) is 12.1 Å². The summed E-state index contributed by atoms with van der Waals surface area (Å²) in [5.74, 6) is 0.103. The Morgan fingerprint density at radius 2 is 1.57 bits per heavy atom. The zero-order chi connectivity index (χ0) is 16.7. The highest BCUT2D eigenvalue weighted by Gasteiger charge is 2.14. The quantitative estimate of drug-likeness (QED) is 0.919. The van der Waals surface area contributed by atoms with Gasteiger partial charge in [0.1, 0.15) is 5.75 Å². The molecule has 1 N–H and O–H groups in total. The minimum atomic E-state index is -0.346. The molecule has 5 heteroatoms. The number of nitrogens with one attached hydrogen (secondary N) is 1. The number of ether oxygens (including phenoxy) is 1. The SMILES string of the molecule is C[C@H](COc1ccc(C#N)cc1)C(=O)Nc1ccc(C#N)cc1. The van der Waals surface area contributed by atoms with Crippen molar-refractivity contribution in [2.75, 3.05) is 11.9 Å². The van der Waals surface area contributed by atoms with E-state index in [9.17, 15) is 4.79 Å². The van der Waals surface area contributed by atoms with E-state index in [0.29, 0.717) is 22.6 Å². The summed E-state index contributed by atoms with van der Waals surface area (Å²) in [5, 5.41) is 20.2. The zero-order valence-electron chi connectivity index (χ0n) is 12.6. The largest absolute Gasteiger partial charge is 0.493 e. The van der Waals surface area contributed by atoms with Crippen LogP contribution in [0.5, 0.6) is 5.75 Å². The Morgan fingerprint density at radius 1 is 1.04 bits per heavy atom. The average molecular weight is 305 g/mol. The van der Waals surface area contributed by atoms with Crippen LogP contribution < -0.4 is 10.1 Å². The van der Waals surface area contributed by atoms with Crippen molar-refractivity contribution in [2.24, 2.45) is 5.92 Å². The van der Waals surface area contributed by atoms with Gasteiger partial charge in [-0.25, -0.2) is 0 Å². The van der Waals surface area contributed by atoms with Crippen molar-refractivity contribution in [3.8, 4) is 17.9 Å². The summed E-state index contributed by atoms with van der Waals surface area (Å²) in [5.41, 5.74) is 1.74. The molecule has 2 aromatic rings. The maximum absolute atomic E-state index is 12.1. The third-order valence-electron chi connectivity index (χ3n) is 3.21. The Hall–Kier alpha value is -3.31.